The molecule has 2 aromatic heterocycles. The molecular formula is C17H19N5O2S. The predicted molar refractivity (Wildman–Crippen MR) is 99.0 cm³/mol. The number of anilines is 1. The molecule has 0 unspecified atom stereocenters. The fraction of sp³-hybridized carbons (Fsp3) is 0.353. The molecule has 0 spiro atoms. The van der Waals surface area contributed by atoms with Gasteiger partial charge in [-0.1, -0.05) is 6.07 Å². The first-order valence-corrected chi connectivity index (χ1v) is 9.03. The second-order valence-corrected chi connectivity index (χ2v) is 7.45. The number of aryl methyl sites for hydroxylation is 4. The zero-order valence-corrected chi connectivity index (χ0v) is 15.3. The van der Waals surface area contributed by atoms with Gasteiger partial charge in [0, 0.05) is 26.7 Å². The van der Waals surface area contributed by atoms with E-state index in [-0.39, 0.29) is 16.8 Å². The summed E-state index contributed by atoms with van der Waals surface area (Å²) in [5, 5.41) is 7.41. The number of thioether (sulfide) groups is 1. The fourth-order valence-electron chi connectivity index (χ4n) is 3.50. The number of nitrogens with one attached hydrogen (secondary N) is 1. The molecule has 25 heavy (non-hydrogen) atoms. The quantitative estimate of drug-likeness (QED) is 0.719. The van der Waals surface area contributed by atoms with Crippen LogP contribution in [0.2, 0.25) is 0 Å². The maximum Gasteiger partial charge on any atom is 0.328 e. The zero-order valence-electron chi connectivity index (χ0n) is 14.5. The first kappa shape index (κ1) is 16.0. The van der Waals surface area contributed by atoms with E-state index in [1.165, 1.54) is 0 Å². The third-order valence-corrected chi connectivity index (χ3v) is 6.04. The maximum absolute atomic E-state index is 12.2. The van der Waals surface area contributed by atoms with Gasteiger partial charge in [0.2, 0.25) is 5.91 Å². The molecule has 0 saturated heterocycles. The van der Waals surface area contributed by atoms with Crippen molar-refractivity contribution in [2.45, 2.75) is 12.2 Å². The van der Waals surface area contributed by atoms with Crippen LogP contribution in [0.4, 0.5) is 5.82 Å². The van der Waals surface area contributed by atoms with Crippen LogP contribution in [0.5, 0.6) is 0 Å². The summed E-state index contributed by atoms with van der Waals surface area (Å²) in [7, 11) is 5.39. The van der Waals surface area contributed by atoms with Crippen LogP contribution in [-0.2, 0) is 25.9 Å². The van der Waals surface area contributed by atoms with Gasteiger partial charge in [-0.2, -0.15) is 5.10 Å². The van der Waals surface area contributed by atoms with Crippen molar-refractivity contribution in [3.8, 4) is 0 Å². The van der Waals surface area contributed by atoms with E-state index in [2.05, 4.69) is 10.4 Å². The van der Waals surface area contributed by atoms with E-state index in [4.69, 9.17) is 0 Å². The molecule has 0 fully saturated rings. The summed E-state index contributed by atoms with van der Waals surface area (Å²) in [5.74, 6) is 1.11. The first-order chi connectivity index (χ1) is 11.9. The lowest BCUT2D eigenvalue weighted by Crippen LogP contribution is -2.19. The largest absolute Gasteiger partial charge is 0.328 e. The SMILES string of the molecule is Cc1nn(C)c2c1[C@H](c1ccc3c(c1)n(C)c(=O)n3C)SCC(=O)N2. The van der Waals surface area contributed by atoms with Crippen LogP contribution < -0.4 is 11.0 Å². The number of rotatable bonds is 1. The highest BCUT2D eigenvalue weighted by molar-refractivity contribution is 8.00. The Balaban J connectivity index is 1.93. The van der Waals surface area contributed by atoms with E-state index in [0.717, 1.165) is 33.7 Å². The molecule has 1 aliphatic heterocycles. The molecule has 1 amide bonds. The average molecular weight is 357 g/mol. The Morgan fingerprint density at radius 2 is 1.88 bits per heavy atom. The van der Waals surface area contributed by atoms with Crippen LogP contribution in [0.1, 0.15) is 22.1 Å². The topological polar surface area (TPSA) is 73.8 Å². The number of imidazole rings is 1. The van der Waals surface area contributed by atoms with Gasteiger partial charge in [0.05, 0.1) is 27.7 Å². The number of carbonyl (C=O) groups is 1. The minimum atomic E-state index is -0.0456. The summed E-state index contributed by atoms with van der Waals surface area (Å²) in [6, 6.07) is 6.05. The van der Waals surface area contributed by atoms with Gasteiger partial charge in [-0.15, -0.1) is 11.8 Å². The van der Waals surface area contributed by atoms with Gasteiger partial charge < -0.3 is 5.32 Å². The molecule has 130 valence electrons. The molecule has 1 N–H and O–H groups in total. The van der Waals surface area contributed by atoms with Gasteiger partial charge in [0.25, 0.3) is 0 Å². The van der Waals surface area contributed by atoms with Gasteiger partial charge in [-0.25, -0.2) is 4.79 Å². The van der Waals surface area contributed by atoms with E-state index >= 15 is 0 Å². The molecule has 0 aliphatic carbocycles. The van der Waals surface area contributed by atoms with Crippen molar-refractivity contribution >= 4 is 34.5 Å². The van der Waals surface area contributed by atoms with Gasteiger partial charge in [0.15, 0.2) is 0 Å². The summed E-state index contributed by atoms with van der Waals surface area (Å²) in [6.07, 6.45) is 0. The molecule has 0 bridgehead atoms. The second-order valence-electron chi connectivity index (χ2n) is 6.36. The number of carbonyl (C=O) groups excluding carboxylic acids is 1. The Kier molecular flexibility index (Phi) is 3.54. The number of hydrogen-bond donors (Lipinski definition) is 1. The van der Waals surface area contributed by atoms with Crippen molar-refractivity contribution in [3.05, 3.63) is 45.5 Å². The summed E-state index contributed by atoms with van der Waals surface area (Å²) in [6.45, 7) is 1.96. The predicted octanol–water partition coefficient (Wildman–Crippen LogP) is 1.69. The van der Waals surface area contributed by atoms with Crippen molar-refractivity contribution in [3.63, 3.8) is 0 Å². The minimum absolute atomic E-state index is 0.0117. The van der Waals surface area contributed by atoms with Crippen molar-refractivity contribution in [1.82, 2.24) is 18.9 Å². The molecular weight excluding hydrogens is 338 g/mol. The number of fused-ring (bicyclic) bond motifs is 2. The number of nitrogens with zero attached hydrogens (tertiary/aromatic N) is 4. The highest BCUT2D eigenvalue weighted by atomic mass is 32.2. The Hall–Kier alpha value is -2.48. The molecule has 1 atom stereocenters. The molecule has 8 heteroatoms. The smallest absolute Gasteiger partial charge is 0.310 e. The summed E-state index contributed by atoms with van der Waals surface area (Å²) >= 11 is 1.58. The summed E-state index contributed by atoms with van der Waals surface area (Å²) in [4.78, 5) is 24.3. The van der Waals surface area contributed by atoms with Gasteiger partial charge >= 0.3 is 5.69 Å². The van der Waals surface area contributed by atoms with Crippen molar-refractivity contribution in [1.29, 1.82) is 0 Å². The molecule has 0 radical (unpaired) electrons. The summed E-state index contributed by atoms with van der Waals surface area (Å²) < 4.78 is 5.02. The third-order valence-electron chi connectivity index (χ3n) is 4.77. The zero-order chi connectivity index (χ0) is 17.9. The van der Waals surface area contributed by atoms with E-state index in [1.807, 2.05) is 32.2 Å². The first-order valence-electron chi connectivity index (χ1n) is 7.98. The van der Waals surface area contributed by atoms with Gasteiger partial charge in [-0.05, 0) is 24.6 Å². The van der Waals surface area contributed by atoms with Crippen molar-refractivity contribution < 1.29 is 4.79 Å². The number of amides is 1. The molecule has 1 aromatic carbocycles. The van der Waals surface area contributed by atoms with Crippen LogP contribution in [0.25, 0.3) is 11.0 Å². The number of benzene rings is 1. The van der Waals surface area contributed by atoms with Crippen LogP contribution in [-0.4, -0.2) is 30.6 Å². The molecule has 1 aliphatic rings. The summed E-state index contributed by atoms with van der Waals surface area (Å²) in [5.41, 5.74) is 4.73. The second kappa shape index (κ2) is 5.52. The monoisotopic (exact) mass is 357 g/mol. The molecule has 3 aromatic rings. The molecule has 7 nitrogen and oxygen atoms in total. The average Bonchev–Trinajstić information content (AvgIpc) is 2.89. The molecule has 0 saturated carbocycles. The maximum atomic E-state index is 12.2. The lowest BCUT2D eigenvalue weighted by molar-refractivity contribution is -0.113. The third kappa shape index (κ3) is 2.31. The highest BCUT2D eigenvalue weighted by Gasteiger charge is 2.29. The lowest BCUT2D eigenvalue weighted by atomic mass is 10.0. The Morgan fingerprint density at radius 1 is 1.16 bits per heavy atom. The van der Waals surface area contributed by atoms with Crippen LogP contribution in [0.15, 0.2) is 23.0 Å². The molecule has 4 rings (SSSR count). The standard InChI is InChI=1S/C17H19N5O2S/c1-9-14-15(25-8-13(23)18-16(14)22(4)19-9)10-5-6-11-12(7-10)21(3)17(24)20(11)2/h5-7,15H,8H2,1-4H3,(H,18,23)/t15-/m0/s1. The van der Waals surface area contributed by atoms with Crippen LogP contribution in [0, 0.1) is 6.92 Å². The van der Waals surface area contributed by atoms with E-state index in [0.29, 0.717) is 5.75 Å². The Bertz CT molecular complexity index is 1080. The van der Waals surface area contributed by atoms with E-state index < -0.39 is 0 Å². The van der Waals surface area contributed by atoms with E-state index in [1.54, 1.807) is 39.7 Å². The highest BCUT2D eigenvalue weighted by Crippen LogP contribution is 2.43. The normalized spacial score (nSPS) is 17.4. The molecule has 3 heterocycles. The van der Waals surface area contributed by atoms with Crippen molar-refractivity contribution in [2.75, 3.05) is 11.1 Å². The van der Waals surface area contributed by atoms with Crippen molar-refractivity contribution in [2.24, 2.45) is 21.1 Å². The fourth-order valence-corrected chi connectivity index (χ4v) is 4.68. The minimum Gasteiger partial charge on any atom is -0.310 e. The van der Waals surface area contributed by atoms with Crippen LogP contribution in [0.3, 0.4) is 0 Å². The Morgan fingerprint density at radius 3 is 2.64 bits per heavy atom. The number of hydrogen-bond acceptors (Lipinski definition) is 4. The Labute approximate surface area is 148 Å². The van der Waals surface area contributed by atoms with Gasteiger partial charge in [0.1, 0.15) is 5.82 Å². The lowest BCUT2D eigenvalue weighted by Gasteiger charge is -2.15. The van der Waals surface area contributed by atoms with Crippen LogP contribution >= 0.6 is 11.8 Å². The van der Waals surface area contributed by atoms with E-state index in [9.17, 15) is 9.59 Å². The number of aromatic nitrogens is 4. The van der Waals surface area contributed by atoms with Gasteiger partial charge in [-0.3, -0.25) is 18.6 Å².